The maximum absolute atomic E-state index is 13.0. The zero-order valence-electron chi connectivity index (χ0n) is 13.6. The summed E-state index contributed by atoms with van der Waals surface area (Å²) in [5, 5.41) is 0. The van der Waals surface area contributed by atoms with Crippen LogP contribution in [0.2, 0.25) is 0 Å². The second kappa shape index (κ2) is 7.88. The fourth-order valence-electron chi connectivity index (χ4n) is 1.95. The molecule has 0 amide bonds. The van der Waals surface area contributed by atoms with Gasteiger partial charge in [-0.15, -0.1) is 0 Å². The molecule has 0 aliphatic heterocycles. The standard InChI is InChI=1S/C19H17O5P/c1-16-12-14-17(15-13-16)21-24-25(20,22-18-8-4-2-5-9-18)23-19-10-6-3-7-11-19/h2-15H,1H3. The summed E-state index contributed by atoms with van der Waals surface area (Å²) in [6, 6.07) is 24.3. The first-order valence-corrected chi connectivity index (χ1v) is 9.11. The van der Waals surface area contributed by atoms with Crippen LogP contribution in [-0.2, 0) is 9.24 Å². The van der Waals surface area contributed by atoms with Gasteiger partial charge in [-0.1, -0.05) is 58.8 Å². The number of rotatable bonds is 7. The predicted molar refractivity (Wildman–Crippen MR) is 94.6 cm³/mol. The Kier molecular flexibility index (Phi) is 5.39. The van der Waals surface area contributed by atoms with E-state index in [1.165, 1.54) is 0 Å². The van der Waals surface area contributed by atoms with Gasteiger partial charge in [0, 0.05) is 0 Å². The summed E-state index contributed by atoms with van der Waals surface area (Å²) < 4.78 is 29.0. The second-order valence-electron chi connectivity index (χ2n) is 5.23. The van der Waals surface area contributed by atoms with Gasteiger partial charge in [0.2, 0.25) is 0 Å². The second-order valence-corrected chi connectivity index (χ2v) is 6.64. The Bertz CT molecular complexity index is 789. The zero-order chi connectivity index (χ0) is 17.5. The summed E-state index contributed by atoms with van der Waals surface area (Å²) >= 11 is 0. The summed E-state index contributed by atoms with van der Waals surface area (Å²) in [5.41, 5.74) is 1.07. The van der Waals surface area contributed by atoms with Crippen molar-refractivity contribution in [3.63, 3.8) is 0 Å². The van der Waals surface area contributed by atoms with Gasteiger partial charge in [-0.05, 0) is 43.3 Å². The van der Waals surface area contributed by atoms with Crippen molar-refractivity contribution in [3.8, 4) is 17.2 Å². The highest BCUT2D eigenvalue weighted by atomic mass is 31.2. The first kappa shape index (κ1) is 17.1. The van der Waals surface area contributed by atoms with Gasteiger partial charge in [0.25, 0.3) is 0 Å². The van der Waals surface area contributed by atoms with Crippen molar-refractivity contribution in [2.24, 2.45) is 0 Å². The minimum atomic E-state index is -4.06. The van der Waals surface area contributed by atoms with Gasteiger partial charge >= 0.3 is 7.82 Å². The lowest BCUT2D eigenvalue weighted by molar-refractivity contribution is -0.119. The maximum Gasteiger partial charge on any atom is 0.625 e. The number of phosphoric acid groups is 1. The molecule has 0 bridgehead atoms. The van der Waals surface area contributed by atoms with Gasteiger partial charge in [0.05, 0.1) is 0 Å². The number of hydrogen-bond donors (Lipinski definition) is 0. The highest BCUT2D eigenvalue weighted by Crippen LogP contribution is 2.49. The van der Waals surface area contributed by atoms with Crippen molar-refractivity contribution in [1.82, 2.24) is 0 Å². The summed E-state index contributed by atoms with van der Waals surface area (Å²) in [7, 11) is -4.06. The number of aryl methyl sites for hydroxylation is 1. The van der Waals surface area contributed by atoms with E-state index < -0.39 is 7.82 Å². The molecule has 6 heteroatoms. The van der Waals surface area contributed by atoms with Crippen LogP contribution in [0.25, 0.3) is 0 Å². The molecular weight excluding hydrogens is 339 g/mol. The first-order chi connectivity index (χ1) is 12.1. The van der Waals surface area contributed by atoms with E-state index in [0.717, 1.165) is 5.56 Å². The molecule has 3 aromatic rings. The molecule has 0 fully saturated rings. The van der Waals surface area contributed by atoms with Gasteiger partial charge in [0.1, 0.15) is 11.5 Å². The Morgan fingerprint density at radius 1 is 0.640 bits per heavy atom. The molecule has 0 aliphatic carbocycles. The molecule has 0 atom stereocenters. The highest BCUT2D eigenvalue weighted by Gasteiger charge is 2.33. The fraction of sp³-hybridized carbons (Fsp3) is 0.0526. The van der Waals surface area contributed by atoms with Crippen LogP contribution in [0.1, 0.15) is 5.56 Å². The van der Waals surface area contributed by atoms with Crippen LogP contribution in [-0.4, -0.2) is 0 Å². The lowest BCUT2D eigenvalue weighted by Crippen LogP contribution is -2.07. The maximum atomic E-state index is 13.0. The van der Waals surface area contributed by atoms with Gasteiger partial charge in [-0.3, -0.25) is 0 Å². The Balaban J connectivity index is 1.77. The summed E-state index contributed by atoms with van der Waals surface area (Å²) in [5.74, 6) is 1.07. The molecule has 0 spiro atoms. The van der Waals surface area contributed by atoms with E-state index in [1.807, 2.05) is 31.2 Å². The van der Waals surface area contributed by atoms with E-state index in [1.54, 1.807) is 60.7 Å². The molecule has 5 nitrogen and oxygen atoms in total. The van der Waals surface area contributed by atoms with Crippen molar-refractivity contribution in [2.75, 3.05) is 0 Å². The smallest absolute Gasteiger partial charge is 0.393 e. The topological polar surface area (TPSA) is 54.0 Å². The minimum absolute atomic E-state index is 0.342. The molecular formula is C19H17O5P. The quantitative estimate of drug-likeness (QED) is 0.315. The van der Waals surface area contributed by atoms with Crippen molar-refractivity contribution in [3.05, 3.63) is 90.5 Å². The molecule has 128 valence electrons. The summed E-state index contributed by atoms with van der Waals surface area (Å²) in [6.45, 7) is 1.95. The molecule has 0 unspecified atom stereocenters. The van der Waals surface area contributed by atoms with E-state index >= 15 is 0 Å². The Morgan fingerprint density at radius 2 is 1.12 bits per heavy atom. The molecule has 0 N–H and O–H groups in total. The molecule has 25 heavy (non-hydrogen) atoms. The van der Waals surface area contributed by atoms with Crippen LogP contribution >= 0.6 is 7.82 Å². The lowest BCUT2D eigenvalue weighted by Gasteiger charge is -2.17. The van der Waals surface area contributed by atoms with Crippen LogP contribution < -0.4 is 13.9 Å². The van der Waals surface area contributed by atoms with Gasteiger partial charge in [-0.25, -0.2) is 4.57 Å². The molecule has 0 aliphatic rings. The largest absolute Gasteiger partial charge is 0.625 e. The summed E-state index contributed by atoms with van der Waals surface area (Å²) in [4.78, 5) is 5.16. The van der Waals surface area contributed by atoms with Crippen LogP contribution in [0, 0.1) is 6.92 Å². The van der Waals surface area contributed by atoms with Gasteiger partial charge in [-0.2, -0.15) is 0 Å². The predicted octanol–water partition coefficient (Wildman–Crippen LogP) is 5.57. The van der Waals surface area contributed by atoms with E-state index in [-0.39, 0.29) is 0 Å². The number of benzene rings is 3. The SMILES string of the molecule is Cc1ccc(OOP(=O)(Oc2ccccc2)Oc2ccccc2)cc1. The van der Waals surface area contributed by atoms with Crippen molar-refractivity contribution in [2.45, 2.75) is 6.92 Å². The zero-order valence-corrected chi connectivity index (χ0v) is 14.5. The Morgan fingerprint density at radius 3 is 1.60 bits per heavy atom. The van der Waals surface area contributed by atoms with Crippen LogP contribution in [0.3, 0.4) is 0 Å². The first-order valence-electron chi connectivity index (χ1n) is 7.65. The summed E-state index contributed by atoms with van der Waals surface area (Å²) in [6.07, 6.45) is 0. The van der Waals surface area contributed by atoms with Crippen LogP contribution in [0.5, 0.6) is 17.2 Å². The van der Waals surface area contributed by atoms with Crippen molar-refractivity contribution < 1.29 is 23.2 Å². The third-order valence-electron chi connectivity index (χ3n) is 3.17. The molecule has 0 saturated carbocycles. The van der Waals surface area contributed by atoms with Gasteiger partial charge in [0.15, 0.2) is 5.75 Å². The molecule has 0 aromatic heterocycles. The third kappa shape index (κ3) is 5.11. The van der Waals surface area contributed by atoms with Crippen molar-refractivity contribution >= 4 is 7.82 Å². The Hall–Kier alpha value is -2.75. The van der Waals surface area contributed by atoms with E-state index in [4.69, 9.17) is 18.6 Å². The van der Waals surface area contributed by atoms with E-state index in [2.05, 4.69) is 0 Å². The van der Waals surface area contributed by atoms with E-state index in [9.17, 15) is 4.57 Å². The Labute approximate surface area is 146 Å². The number of para-hydroxylation sites is 2. The number of phosphoric ester groups is 1. The molecule has 0 radical (unpaired) electrons. The monoisotopic (exact) mass is 356 g/mol. The average Bonchev–Trinajstić information content (AvgIpc) is 2.63. The van der Waals surface area contributed by atoms with E-state index in [0.29, 0.717) is 17.2 Å². The molecule has 0 saturated heterocycles. The lowest BCUT2D eigenvalue weighted by atomic mass is 10.2. The molecule has 3 aromatic carbocycles. The highest BCUT2D eigenvalue weighted by molar-refractivity contribution is 7.49. The van der Waals surface area contributed by atoms with Crippen LogP contribution in [0.4, 0.5) is 0 Å². The van der Waals surface area contributed by atoms with Crippen LogP contribution in [0.15, 0.2) is 84.9 Å². The van der Waals surface area contributed by atoms with Crippen molar-refractivity contribution in [1.29, 1.82) is 0 Å². The molecule has 3 rings (SSSR count). The number of hydrogen-bond acceptors (Lipinski definition) is 5. The van der Waals surface area contributed by atoms with Gasteiger partial charge < -0.3 is 13.9 Å². The average molecular weight is 356 g/mol. The molecule has 0 heterocycles. The fourth-order valence-corrected chi connectivity index (χ4v) is 2.99. The normalized spacial score (nSPS) is 10.9. The minimum Gasteiger partial charge on any atom is -0.393 e. The third-order valence-corrected chi connectivity index (χ3v) is 4.29.